The molecule has 0 aliphatic carbocycles. The van der Waals surface area contributed by atoms with Crippen LogP contribution in [0.1, 0.15) is 28.8 Å². The van der Waals surface area contributed by atoms with Crippen LogP contribution in [0.5, 0.6) is 0 Å². The van der Waals surface area contributed by atoms with Gasteiger partial charge in [0, 0.05) is 25.7 Å². The Morgan fingerprint density at radius 2 is 2.06 bits per heavy atom. The normalized spacial score (nSPS) is 11.5. The van der Waals surface area contributed by atoms with Crippen molar-refractivity contribution in [3.8, 4) is 0 Å². The summed E-state index contributed by atoms with van der Waals surface area (Å²) in [5.41, 5.74) is -0.703. The number of methoxy groups -OCH3 is 1. The summed E-state index contributed by atoms with van der Waals surface area (Å²) < 4.78 is 42.0. The van der Waals surface area contributed by atoms with Gasteiger partial charge >= 0.3 is 6.18 Å². The molecular weight excluding hydrogens is 233 g/mol. The van der Waals surface area contributed by atoms with Gasteiger partial charge in [-0.1, -0.05) is 12.1 Å². The van der Waals surface area contributed by atoms with Crippen LogP contribution in [0.3, 0.4) is 0 Å². The molecule has 1 rings (SSSR count). The van der Waals surface area contributed by atoms with Crippen LogP contribution >= 0.6 is 0 Å². The van der Waals surface area contributed by atoms with Crippen LogP contribution in [-0.2, 0) is 10.9 Å². The van der Waals surface area contributed by atoms with Crippen molar-refractivity contribution in [3.63, 3.8) is 0 Å². The fraction of sp³-hybridized carbons (Fsp3) is 0.417. The maximum atomic E-state index is 12.4. The van der Waals surface area contributed by atoms with Crippen molar-refractivity contribution >= 4 is 5.78 Å². The van der Waals surface area contributed by atoms with E-state index in [0.29, 0.717) is 13.0 Å². The number of ether oxygens (including phenoxy) is 1. The summed E-state index contributed by atoms with van der Waals surface area (Å²) in [6.45, 7) is 0.421. The van der Waals surface area contributed by atoms with E-state index < -0.39 is 11.7 Å². The molecule has 0 saturated heterocycles. The molecule has 0 spiro atoms. The zero-order valence-electron chi connectivity index (χ0n) is 9.38. The van der Waals surface area contributed by atoms with Crippen molar-refractivity contribution in [2.24, 2.45) is 0 Å². The number of carbonyl (C=O) groups excluding carboxylic acids is 1. The SMILES string of the molecule is COCCCC(=O)c1cccc(C(F)(F)F)c1. The fourth-order valence-electron chi connectivity index (χ4n) is 1.39. The van der Waals surface area contributed by atoms with Gasteiger partial charge in [-0.25, -0.2) is 0 Å². The van der Waals surface area contributed by atoms with Crippen LogP contribution in [0, 0.1) is 0 Å². The summed E-state index contributed by atoms with van der Waals surface area (Å²) in [6, 6.07) is 4.47. The molecule has 0 saturated carbocycles. The van der Waals surface area contributed by atoms with Crippen LogP contribution in [0.4, 0.5) is 13.2 Å². The second-order valence-electron chi connectivity index (χ2n) is 3.60. The van der Waals surface area contributed by atoms with Crippen LogP contribution < -0.4 is 0 Å². The van der Waals surface area contributed by atoms with Gasteiger partial charge in [0.15, 0.2) is 5.78 Å². The zero-order valence-corrected chi connectivity index (χ0v) is 9.38. The average molecular weight is 246 g/mol. The van der Waals surface area contributed by atoms with Crippen molar-refractivity contribution in [2.45, 2.75) is 19.0 Å². The van der Waals surface area contributed by atoms with Crippen molar-refractivity contribution in [1.82, 2.24) is 0 Å². The van der Waals surface area contributed by atoms with Gasteiger partial charge in [-0.2, -0.15) is 13.2 Å². The smallest absolute Gasteiger partial charge is 0.385 e. The van der Waals surface area contributed by atoms with Crippen molar-refractivity contribution in [3.05, 3.63) is 35.4 Å². The molecule has 0 heterocycles. The molecule has 0 amide bonds. The lowest BCUT2D eigenvalue weighted by molar-refractivity contribution is -0.137. The molecule has 0 N–H and O–H groups in total. The number of benzene rings is 1. The molecule has 0 aliphatic heterocycles. The first-order valence-electron chi connectivity index (χ1n) is 5.14. The van der Waals surface area contributed by atoms with Crippen LogP contribution in [0.25, 0.3) is 0 Å². The molecule has 0 aliphatic rings. The van der Waals surface area contributed by atoms with Gasteiger partial charge in [-0.15, -0.1) is 0 Å². The predicted molar refractivity (Wildman–Crippen MR) is 56.9 cm³/mol. The largest absolute Gasteiger partial charge is 0.416 e. The minimum absolute atomic E-state index is 0.0935. The Kier molecular flexibility index (Phi) is 4.69. The number of Topliss-reactive ketones (excluding diaryl/α,β-unsaturated/α-hetero) is 1. The Bertz CT molecular complexity index is 386. The number of halogens is 3. The van der Waals surface area contributed by atoms with E-state index in [1.54, 1.807) is 0 Å². The Balaban J connectivity index is 2.74. The standard InChI is InChI=1S/C12H13F3O2/c1-17-7-3-6-11(16)9-4-2-5-10(8-9)12(13,14)15/h2,4-5,8H,3,6-7H2,1H3. The molecule has 5 heteroatoms. The summed E-state index contributed by atoms with van der Waals surface area (Å²) in [7, 11) is 1.51. The molecule has 0 aromatic heterocycles. The van der Waals surface area contributed by atoms with Gasteiger partial charge in [-0.05, 0) is 18.6 Å². The van der Waals surface area contributed by atoms with Gasteiger partial charge in [0.2, 0.25) is 0 Å². The van der Waals surface area contributed by atoms with E-state index in [0.717, 1.165) is 12.1 Å². The van der Waals surface area contributed by atoms with Crippen molar-refractivity contribution < 1.29 is 22.7 Å². The number of alkyl halides is 3. The van der Waals surface area contributed by atoms with Crippen LogP contribution in [0.15, 0.2) is 24.3 Å². The summed E-state index contributed by atoms with van der Waals surface area (Å²) in [5, 5.41) is 0. The van der Waals surface area contributed by atoms with Gasteiger partial charge in [-0.3, -0.25) is 4.79 Å². The first kappa shape index (κ1) is 13.7. The second-order valence-corrected chi connectivity index (χ2v) is 3.60. The molecule has 0 atom stereocenters. The topological polar surface area (TPSA) is 26.3 Å². The highest BCUT2D eigenvalue weighted by Crippen LogP contribution is 2.29. The molecule has 0 bridgehead atoms. The highest BCUT2D eigenvalue weighted by atomic mass is 19.4. The highest BCUT2D eigenvalue weighted by molar-refractivity contribution is 5.96. The number of hydrogen-bond donors (Lipinski definition) is 0. The van der Waals surface area contributed by atoms with Gasteiger partial charge in [0.1, 0.15) is 0 Å². The Morgan fingerprint density at radius 3 is 2.65 bits per heavy atom. The van der Waals surface area contributed by atoms with E-state index in [9.17, 15) is 18.0 Å². The molecule has 1 aromatic carbocycles. The van der Waals surface area contributed by atoms with E-state index in [-0.39, 0.29) is 17.8 Å². The Labute approximate surface area is 97.4 Å². The zero-order chi connectivity index (χ0) is 12.9. The first-order valence-corrected chi connectivity index (χ1v) is 5.14. The molecule has 2 nitrogen and oxygen atoms in total. The first-order chi connectivity index (χ1) is 7.95. The predicted octanol–water partition coefficient (Wildman–Crippen LogP) is 3.31. The number of ketones is 1. The summed E-state index contributed by atoms with van der Waals surface area (Å²) >= 11 is 0. The van der Waals surface area contributed by atoms with Gasteiger partial charge in [0.05, 0.1) is 5.56 Å². The van der Waals surface area contributed by atoms with Gasteiger partial charge < -0.3 is 4.74 Å². The minimum atomic E-state index is -4.41. The van der Waals surface area contributed by atoms with E-state index in [4.69, 9.17) is 4.74 Å². The highest BCUT2D eigenvalue weighted by Gasteiger charge is 2.30. The number of hydrogen-bond acceptors (Lipinski definition) is 2. The van der Waals surface area contributed by atoms with Gasteiger partial charge in [0.25, 0.3) is 0 Å². The number of carbonyl (C=O) groups is 1. The van der Waals surface area contributed by atoms with Crippen LogP contribution in [0.2, 0.25) is 0 Å². The molecule has 94 valence electrons. The monoisotopic (exact) mass is 246 g/mol. The lowest BCUT2D eigenvalue weighted by Gasteiger charge is -2.08. The lowest BCUT2D eigenvalue weighted by Crippen LogP contribution is -2.07. The molecule has 1 aromatic rings. The molecule has 0 fully saturated rings. The fourth-order valence-corrected chi connectivity index (χ4v) is 1.39. The lowest BCUT2D eigenvalue weighted by atomic mass is 10.0. The van der Waals surface area contributed by atoms with Crippen molar-refractivity contribution in [1.29, 1.82) is 0 Å². The summed E-state index contributed by atoms with van der Waals surface area (Å²) in [5.74, 6) is -0.298. The third-order valence-corrected chi connectivity index (χ3v) is 2.26. The molecule has 0 radical (unpaired) electrons. The maximum absolute atomic E-state index is 12.4. The van der Waals surface area contributed by atoms with Crippen LogP contribution in [-0.4, -0.2) is 19.5 Å². The molecule has 17 heavy (non-hydrogen) atoms. The van der Waals surface area contributed by atoms with E-state index in [1.165, 1.54) is 19.2 Å². The Hall–Kier alpha value is -1.36. The van der Waals surface area contributed by atoms with E-state index in [1.807, 2.05) is 0 Å². The quantitative estimate of drug-likeness (QED) is 0.588. The number of rotatable bonds is 5. The van der Waals surface area contributed by atoms with E-state index in [2.05, 4.69) is 0 Å². The molecule has 0 unspecified atom stereocenters. The van der Waals surface area contributed by atoms with Crippen molar-refractivity contribution in [2.75, 3.05) is 13.7 Å². The Morgan fingerprint density at radius 1 is 1.35 bits per heavy atom. The minimum Gasteiger partial charge on any atom is -0.385 e. The average Bonchev–Trinajstić information content (AvgIpc) is 2.28. The summed E-state index contributed by atoms with van der Waals surface area (Å²) in [4.78, 5) is 11.6. The summed E-state index contributed by atoms with van der Waals surface area (Å²) in [6.07, 6.45) is -3.72. The second kappa shape index (κ2) is 5.82. The molecular formula is C12H13F3O2. The third-order valence-electron chi connectivity index (χ3n) is 2.26. The maximum Gasteiger partial charge on any atom is 0.416 e. The third kappa shape index (κ3) is 4.19. The van der Waals surface area contributed by atoms with E-state index >= 15 is 0 Å².